The van der Waals surface area contributed by atoms with Gasteiger partial charge in [-0.25, -0.2) is 9.37 Å². The van der Waals surface area contributed by atoms with Gasteiger partial charge in [0.2, 0.25) is 5.91 Å². The van der Waals surface area contributed by atoms with Crippen molar-refractivity contribution < 1.29 is 13.9 Å². The van der Waals surface area contributed by atoms with E-state index in [0.717, 1.165) is 11.3 Å². The second-order valence-electron chi connectivity index (χ2n) is 6.51. The highest BCUT2D eigenvalue weighted by atomic mass is 19.1. The molecule has 0 aliphatic carbocycles. The highest BCUT2D eigenvalue weighted by Gasteiger charge is 2.05. The summed E-state index contributed by atoms with van der Waals surface area (Å²) in [5, 5.41) is 2.81. The van der Waals surface area contributed by atoms with Crippen LogP contribution in [0.3, 0.4) is 0 Å². The molecule has 1 amide bonds. The van der Waals surface area contributed by atoms with Crippen LogP contribution in [0.5, 0.6) is 5.75 Å². The average Bonchev–Trinajstić information content (AvgIpc) is 2.74. The number of aromatic nitrogens is 2. The Morgan fingerprint density at radius 3 is 2.52 bits per heavy atom. The number of carbonyl (C=O) groups excluding carboxylic acids is 1. The Morgan fingerprint density at radius 2 is 1.86 bits per heavy atom. The molecule has 3 aromatic rings. The monoisotopic (exact) mass is 395 g/mol. The van der Waals surface area contributed by atoms with E-state index in [1.54, 1.807) is 19.2 Å². The molecule has 3 rings (SSSR count). The third kappa shape index (κ3) is 5.75. The van der Waals surface area contributed by atoms with Gasteiger partial charge < -0.3 is 10.1 Å². The van der Waals surface area contributed by atoms with Crippen LogP contribution >= 0.6 is 0 Å². The second kappa shape index (κ2) is 9.64. The number of benzene rings is 2. The Balaban J connectivity index is 1.47. The molecule has 0 bridgehead atoms. The van der Waals surface area contributed by atoms with Crippen molar-refractivity contribution in [1.82, 2.24) is 14.9 Å². The van der Waals surface area contributed by atoms with E-state index in [1.807, 2.05) is 24.3 Å². The van der Waals surface area contributed by atoms with Crippen LogP contribution in [0.25, 0.3) is 11.3 Å². The van der Waals surface area contributed by atoms with Crippen molar-refractivity contribution in [3.63, 3.8) is 0 Å². The van der Waals surface area contributed by atoms with Gasteiger partial charge in [-0.15, -0.1) is 0 Å². The fourth-order valence-corrected chi connectivity index (χ4v) is 2.83. The van der Waals surface area contributed by atoms with Gasteiger partial charge in [-0.05, 0) is 48.4 Å². The first-order valence-corrected chi connectivity index (χ1v) is 9.27. The zero-order valence-corrected chi connectivity index (χ0v) is 16.1. The molecule has 1 heterocycles. The molecular weight excluding hydrogens is 373 g/mol. The van der Waals surface area contributed by atoms with E-state index in [9.17, 15) is 14.0 Å². The summed E-state index contributed by atoms with van der Waals surface area (Å²) in [7, 11) is 1.61. The van der Waals surface area contributed by atoms with E-state index in [1.165, 1.54) is 29.1 Å². The molecule has 0 aliphatic rings. The highest BCUT2D eigenvalue weighted by Crippen LogP contribution is 2.15. The summed E-state index contributed by atoms with van der Waals surface area (Å²) < 4.78 is 19.5. The fourth-order valence-electron chi connectivity index (χ4n) is 2.83. The maximum atomic E-state index is 13.0. The minimum absolute atomic E-state index is 0.0789. The van der Waals surface area contributed by atoms with Crippen molar-refractivity contribution in [2.24, 2.45) is 0 Å². The van der Waals surface area contributed by atoms with Gasteiger partial charge in [0.25, 0.3) is 5.56 Å². The number of aryl methyl sites for hydroxylation is 1. The van der Waals surface area contributed by atoms with E-state index < -0.39 is 0 Å². The lowest BCUT2D eigenvalue weighted by Gasteiger charge is -2.08. The molecule has 0 radical (unpaired) electrons. The van der Waals surface area contributed by atoms with E-state index in [0.29, 0.717) is 37.2 Å². The number of nitrogens with zero attached hydrogens (tertiary/aromatic N) is 2. The molecule has 0 saturated heterocycles. The zero-order valence-electron chi connectivity index (χ0n) is 16.1. The first kappa shape index (κ1) is 20.3. The molecule has 150 valence electrons. The number of carbonyl (C=O) groups is 1. The standard InChI is InChI=1S/C22H22FN3O3/c1-29-19-9-2-16(3-10-19)4-11-21(27)24-12-13-26-15-25-20(14-22(26)28)17-5-7-18(23)8-6-17/h2-3,5-10,14-15H,4,11-13H2,1H3,(H,24,27). The Hall–Kier alpha value is -3.48. The summed E-state index contributed by atoms with van der Waals surface area (Å²) in [4.78, 5) is 28.5. The molecule has 7 heteroatoms. The molecule has 0 unspecified atom stereocenters. The largest absolute Gasteiger partial charge is 0.497 e. The molecule has 1 N–H and O–H groups in total. The van der Waals surface area contributed by atoms with Gasteiger partial charge in [-0.3, -0.25) is 14.2 Å². The number of hydrogen-bond donors (Lipinski definition) is 1. The molecule has 0 atom stereocenters. The summed E-state index contributed by atoms with van der Waals surface area (Å²) >= 11 is 0. The summed E-state index contributed by atoms with van der Waals surface area (Å²) in [6, 6.07) is 14.8. The van der Waals surface area contributed by atoms with Crippen LogP contribution in [0.15, 0.2) is 65.7 Å². The van der Waals surface area contributed by atoms with Crippen molar-refractivity contribution in [2.45, 2.75) is 19.4 Å². The summed E-state index contributed by atoms with van der Waals surface area (Å²) in [5.41, 5.74) is 1.97. The Labute approximate surface area is 168 Å². The summed E-state index contributed by atoms with van der Waals surface area (Å²) in [6.45, 7) is 0.655. The smallest absolute Gasteiger partial charge is 0.253 e. The number of hydrogen-bond acceptors (Lipinski definition) is 4. The minimum Gasteiger partial charge on any atom is -0.497 e. The third-order valence-corrected chi connectivity index (χ3v) is 4.49. The third-order valence-electron chi connectivity index (χ3n) is 4.49. The average molecular weight is 395 g/mol. The number of amides is 1. The van der Waals surface area contributed by atoms with Crippen LogP contribution < -0.4 is 15.6 Å². The molecule has 2 aromatic carbocycles. The molecule has 29 heavy (non-hydrogen) atoms. The number of halogens is 1. The molecule has 1 aromatic heterocycles. The van der Waals surface area contributed by atoms with Crippen molar-refractivity contribution in [2.75, 3.05) is 13.7 Å². The summed E-state index contributed by atoms with van der Waals surface area (Å²) in [6.07, 6.45) is 2.43. The Bertz CT molecular complexity index is 1010. The Morgan fingerprint density at radius 1 is 1.14 bits per heavy atom. The number of ether oxygens (including phenoxy) is 1. The van der Waals surface area contributed by atoms with Crippen LogP contribution in [-0.4, -0.2) is 29.1 Å². The van der Waals surface area contributed by atoms with E-state index in [2.05, 4.69) is 10.3 Å². The van der Waals surface area contributed by atoms with E-state index >= 15 is 0 Å². The van der Waals surface area contributed by atoms with Crippen LogP contribution in [0.1, 0.15) is 12.0 Å². The van der Waals surface area contributed by atoms with E-state index in [4.69, 9.17) is 4.74 Å². The molecule has 0 spiro atoms. The van der Waals surface area contributed by atoms with Gasteiger partial charge in [0, 0.05) is 31.1 Å². The van der Waals surface area contributed by atoms with Crippen LogP contribution in [0, 0.1) is 5.82 Å². The fraction of sp³-hybridized carbons (Fsp3) is 0.227. The van der Waals surface area contributed by atoms with Crippen molar-refractivity contribution in [1.29, 1.82) is 0 Å². The van der Waals surface area contributed by atoms with Gasteiger partial charge >= 0.3 is 0 Å². The van der Waals surface area contributed by atoms with Gasteiger partial charge in [0.1, 0.15) is 11.6 Å². The SMILES string of the molecule is COc1ccc(CCC(=O)NCCn2cnc(-c3ccc(F)cc3)cc2=O)cc1. The van der Waals surface area contributed by atoms with Crippen molar-refractivity contribution in [3.05, 3.63) is 82.7 Å². The molecule has 6 nitrogen and oxygen atoms in total. The lowest BCUT2D eigenvalue weighted by molar-refractivity contribution is -0.121. The van der Waals surface area contributed by atoms with Crippen LogP contribution in [-0.2, 0) is 17.8 Å². The first-order chi connectivity index (χ1) is 14.0. The maximum Gasteiger partial charge on any atom is 0.253 e. The molecule has 0 fully saturated rings. The van der Waals surface area contributed by atoms with Crippen molar-refractivity contribution in [3.8, 4) is 17.0 Å². The molecule has 0 saturated carbocycles. The number of rotatable bonds is 8. The molecule has 0 aliphatic heterocycles. The van der Waals surface area contributed by atoms with Gasteiger partial charge in [0.05, 0.1) is 19.1 Å². The highest BCUT2D eigenvalue weighted by molar-refractivity contribution is 5.76. The molecular formula is C22H22FN3O3. The predicted molar refractivity (Wildman–Crippen MR) is 108 cm³/mol. The predicted octanol–water partition coefficient (Wildman–Crippen LogP) is 2.81. The van der Waals surface area contributed by atoms with Crippen LogP contribution in [0.2, 0.25) is 0 Å². The maximum absolute atomic E-state index is 13.0. The zero-order chi connectivity index (χ0) is 20.6. The van der Waals surface area contributed by atoms with Gasteiger partial charge in [-0.2, -0.15) is 0 Å². The van der Waals surface area contributed by atoms with Gasteiger partial charge in [-0.1, -0.05) is 12.1 Å². The quantitative estimate of drug-likeness (QED) is 0.637. The lowest BCUT2D eigenvalue weighted by atomic mass is 10.1. The van der Waals surface area contributed by atoms with Crippen LogP contribution in [0.4, 0.5) is 4.39 Å². The number of nitrogens with one attached hydrogen (secondary N) is 1. The lowest BCUT2D eigenvalue weighted by Crippen LogP contribution is -2.30. The second-order valence-corrected chi connectivity index (χ2v) is 6.51. The first-order valence-electron chi connectivity index (χ1n) is 9.27. The Kier molecular flexibility index (Phi) is 6.73. The van der Waals surface area contributed by atoms with Gasteiger partial charge in [0.15, 0.2) is 0 Å². The van der Waals surface area contributed by atoms with E-state index in [-0.39, 0.29) is 17.3 Å². The summed E-state index contributed by atoms with van der Waals surface area (Å²) in [5.74, 6) is 0.359. The number of methoxy groups -OCH3 is 1. The topological polar surface area (TPSA) is 73.2 Å². The van der Waals surface area contributed by atoms with Crippen molar-refractivity contribution >= 4 is 5.91 Å². The normalized spacial score (nSPS) is 10.6. The minimum atomic E-state index is -0.343.